The number of benzene rings is 1. The van der Waals surface area contributed by atoms with Crippen molar-refractivity contribution in [1.82, 2.24) is 0 Å². The second kappa shape index (κ2) is 12.3. The molecule has 0 heterocycles. The smallest absolute Gasteiger partial charge is 0.339 e. The highest BCUT2D eigenvalue weighted by atomic mass is 16.6. The van der Waals surface area contributed by atoms with Crippen LogP contribution in [-0.2, 0) is 15.9 Å². The van der Waals surface area contributed by atoms with Crippen LogP contribution in [0.25, 0.3) is 0 Å². The number of aryl methyl sites for hydroxylation is 2. The highest BCUT2D eigenvalue weighted by molar-refractivity contribution is 6.05. The van der Waals surface area contributed by atoms with E-state index in [1.165, 1.54) is 38.5 Å². The molecule has 0 bridgehead atoms. The van der Waals surface area contributed by atoms with Crippen molar-refractivity contribution in [3.8, 4) is 0 Å². The van der Waals surface area contributed by atoms with Crippen LogP contribution in [-0.4, -0.2) is 23.1 Å². The number of esters is 2. The summed E-state index contributed by atoms with van der Waals surface area (Å²) in [5, 5.41) is 0. The van der Waals surface area contributed by atoms with Crippen LogP contribution in [0.5, 0.6) is 0 Å². The lowest BCUT2D eigenvalue weighted by Gasteiger charge is -2.24. The maximum Gasteiger partial charge on any atom is 0.339 e. The Kier molecular flexibility index (Phi) is 10.8. The second-order valence-corrected chi connectivity index (χ2v) is 10.5. The van der Waals surface area contributed by atoms with Crippen molar-refractivity contribution in [2.75, 3.05) is 0 Å². The van der Waals surface area contributed by atoms with E-state index in [2.05, 4.69) is 6.92 Å². The standard InChI is InChI=1S/C27H44O4/c1-9-10-11-12-13-14-15-16-17-21-19-18-20(2)22(24(28)30-26(3,4)5)23(21)25(29)31-27(6,7)8/h18-19H,9-17H2,1-8H3. The normalized spacial score (nSPS) is 12.0. The summed E-state index contributed by atoms with van der Waals surface area (Å²) >= 11 is 0. The average Bonchev–Trinajstić information content (AvgIpc) is 2.61. The summed E-state index contributed by atoms with van der Waals surface area (Å²) in [5.74, 6) is -0.921. The van der Waals surface area contributed by atoms with Crippen molar-refractivity contribution in [3.63, 3.8) is 0 Å². The molecule has 1 aromatic carbocycles. The molecule has 0 aliphatic carbocycles. The number of carbonyl (C=O) groups excluding carboxylic acids is 2. The molecule has 0 aliphatic heterocycles. The zero-order valence-electron chi connectivity index (χ0n) is 21.2. The van der Waals surface area contributed by atoms with Crippen LogP contribution in [0.15, 0.2) is 12.1 Å². The van der Waals surface area contributed by atoms with Crippen LogP contribution >= 0.6 is 0 Å². The first kappa shape index (κ1) is 27.2. The van der Waals surface area contributed by atoms with Crippen molar-refractivity contribution in [2.45, 2.75) is 124 Å². The van der Waals surface area contributed by atoms with E-state index in [0.717, 1.165) is 30.4 Å². The predicted octanol–water partition coefficient (Wildman–Crippen LogP) is 7.59. The van der Waals surface area contributed by atoms with E-state index >= 15 is 0 Å². The van der Waals surface area contributed by atoms with Gasteiger partial charge in [-0.05, 0) is 72.4 Å². The van der Waals surface area contributed by atoms with Gasteiger partial charge in [-0.15, -0.1) is 0 Å². The summed E-state index contributed by atoms with van der Waals surface area (Å²) < 4.78 is 11.3. The molecular formula is C27H44O4. The predicted molar refractivity (Wildman–Crippen MR) is 128 cm³/mol. The van der Waals surface area contributed by atoms with E-state index in [1.807, 2.05) is 60.6 Å². The first-order valence-electron chi connectivity index (χ1n) is 11.9. The van der Waals surface area contributed by atoms with Gasteiger partial charge in [-0.3, -0.25) is 0 Å². The van der Waals surface area contributed by atoms with E-state index in [9.17, 15) is 9.59 Å². The number of hydrogen-bond donors (Lipinski definition) is 0. The first-order chi connectivity index (χ1) is 14.4. The Morgan fingerprint density at radius 2 is 1.16 bits per heavy atom. The van der Waals surface area contributed by atoms with Crippen molar-refractivity contribution in [1.29, 1.82) is 0 Å². The van der Waals surface area contributed by atoms with Crippen LogP contribution in [0.2, 0.25) is 0 Å². The lowest BCUT2D eigenvalue weighted by atomic mass is 9.92. The number of hydrogen-bond acceptors (Lipinski definition) is 4. The molecule has 0 aromatic heterocycles. The van der Waals surface area contributed by atoms with Gasteiger partial charge < -0.3 is 9.47 Å². The molecular weight excluding hydrogens is 388 g/mol. The second-order valence-electron chi connectivity index (χ2n) is 10.5. The largest absolute Gasteiger partial charge is 0.456 e. The molecule has 4 heteroatoms. The average molecular weight is 433 g/mol. The van der Waals surface area contributed by atoms with Gasteiger partial charge in [0.25, 0.3) is 0 Å². The fraction of sp³-hybridized carbons (Fsp3) is 0.704. The van der Waals surface area contributed by atoms with E-state index in [1.54, 1.807) is 0 Å². The monoisotopic (exact) mass is 432 g/mol. The molecule has 0 N–H and O–H groups in total. The van der Waals surface area contributed by atoms with Gasteiger partial charge in [-0.25, -0.2) is 9.59 Å². The van der Waals surface area contributed by atoms with Gasteiger partial charge in [0.15, 0.2) is 0 Å². The maximum absolute atomic E-state index is 13.1. The molecule has 4 nitrogen and oxygen atoms in total. The van der Waals surface area contributed by atoms with Crippen LogP contribution in [0.3, 0.4) is 0 Å². The van der Waals surface area contributed by atoms with Gasteiger partial charge in [0.05, 0.1) is 11.1 Å². The maximum atomic E-state index is 13.1. The quantitative estimate of drug-likeness (QED) is 0.267. The number of unbranched alkanes of at least 4 members (excludes halogenated alkanes) is 7. The Balaban J connectivity index is 3.04. The van der Waals surface area contributed by atoms with Crippen molar-refractivity contribution in [2.24, 2.45) is 0 Å². The van der Waals surface area contributed by atoms with Crippen LogP contribution < -0.4 is 0 Å². The zero-order chi connectivity index (χ0) is 23.7. The molecule has 0 unspecified atom stereocenters. The molecule has 176 valence electrons. The van der Waals surface area contributed by atoms with Crippen LogP contribution in [0, 0.1) is 6.92 Å². The number of ether oxygens (including phenoxy) is 2. The molecule has 0 radical (unpaired) electrons. The molecule has 0 amide bonds. The van der Waals surface area contributed by atoms with Gasteiger partial charge in [-0.2, -0.15) is 0 Å². The van der Waals surface area contributed by atoms with Crippen molar-refractivity contribution in [3.05, 3.63) is 34.4 Å². The minimum absolute atomic E-state index is 0.334. The molecule has 0 saturated carbocycles. The van der Waals surface area contributed by atoms with Crippen molar-refractivity contribution < 1.29 is 19.1 Å². The van der Waals surface area contributed by atoms with Gasteiger partial charge in [0, 0.05) is 0 Å². The Labute approximate surface area is 190 Å². The number of carbonyl (C=O) groups is 2. The SMILES string of the molecule is CCCCCCCCCCc1ccc(C)c(C(=O)OC(C)(C)C)c1C(=O)OC(C)(C)C. The Bertz CT molecular complexity index is 720. The summed E-state index contributed by atoms with van der Waals surface area (Å²) in [5.41, 5.74) is 1.03. The molecule has 1 rings (SSSR count). The Morgan fingerprint density at radius 3 is 1.65 bits per heavy atom. The Hall–Kier alpha value is -1.84. The zero-order valence-corrected chi connectivity index (χ0v) is 21.2. The van der Waals surface area contributed by atoms with Gasteiger partial charge in [0.2, 0.25) is 0 Å². The molecule has 31 heavy (non-hydrogen) atoms. The molecule has 1 aromatic rings. The van der Waals surface area contributed by atoms with E-state index in [4.69, 9.17) is 9.47 Å². The minimum Gasteiger partial charge on any atom is -0.456 e. The molecule has 0 spiro atoms. The summed E-state index contributed by atoms with van der Waals surface area (Å²) in [6.07, 6.45) is 10.5. The summed E-state index contributed by atoms with van der Waals surface area (Å²) in [7, 11) is 0. The molecule has 0 saturated heterocycles. The summed E-state index contributed by atoms with van der Waals surface area (Å²) in [6, 6.07) is 3.87. The summed E-state index contributed by atoms with van der Waals surface area (Å²) in [4.78, 5) is 26.1. The lowest BCUT2D eigenvalue weighted by Crippen LogP contribution is -2.29. The fourth-order valence-corrected chi connectivity index (χ4v) is 3.56. The van der Waals surface area contributed by atoms with Crippen LogP contribution in [0.1, 0.15) is 132 Å². The van der Waals surface area contributed by atoms with Gasteiger partial charge in [0.1, 0.15) is 11.2 Å². The lowest BCUT2D eigenvalue weighted by molar-refractivity contribution is 0.00168. The van der Waals surface area contributed by atoms with Gasteiger partial charge in [-0.1, -0.05) is 64.0 Å². The highest BCUT2D eigenvalue weighted by Crippen LogP contribution is 2.26. The van der Waals surface area contributed by atoms with Gasteiger partial charge >= 0.3 is 11.9 Å². The molecule has 0 fully saturated rings. The van der Waals surface area contributed by atoms with Crippen LogP contribution in [0.4, 0.5) is 0 Å². The third-order valence-corrected chi connectivity index (χ3v) is 5.01. The number of rotatable bonds is 11. The summed E-state index contributed by atoms with van der Waals surface area (Å²) in [6.45, 7) is 15.1. The topological polar surface area (TPSA) is 52.6 Å². The Morgan fingerprint density at radius 1 is 0.710 bits per heavy atom. The van der Waals surface area contributed by atoms with E-state index in [-0.39, 0.29) is 0 Å². The third-order valence-electron chi connectivity index (χ3n) is 5.01. The first-order valence-corrected chi connectivity index (χ1v) is 11.9. The fourth-order valence-electron chi connectivity index (χ4n) is 3.56. The minimum atomic E-state index is -0.637. The van der Waals surface area contributed by atoms with E-state index < -0.39 is 23.1 Å². The molecule has 0 aliphatic rings. The highest BCUT2D eigenvalue weighted by Gasteiger charge is 2.30. The van der Waals surface area contributed by atoms with Crippen molar-refractivity contribution >= 4 is 11.9 Å². The molecule has 0 atom stereocenters. The van der Waals surface area contributed by atoms with E-state index in [0.29, 0.717) is 11.1 Å². The third kappa shape index (κ3) is 10.3.